The summed E-state index contributed by atoms with van der Waals surface area (Å²) in [4.78, 5) is 18.7. The number of hydrogen-bond acceptors (Lipinski definition) is 4. The lowest BCUT2D eigenvalue weighted by Crippen LogP contribution is -2.37. The Balaban J connectivity index is 1.20. The van der Waals surface area contributed by atoms with Crippen molar-refractivity contribution in [2.45, 2.75) is 6.61 Å². The normalized spacial score (nSPS) is 16.2. The number of ether oxygens (including phenoxy) is 1. The molecule has 0 unspecified atom stereocenters. The molecule has 0 atom stereocenters. The van der Waals surface area contributed by atoms with E-state index in [2.05, 4.69) is 29.3 Å². The van der Waals surface area contributed by atoms with Gasteiger partial charge in [-0.3, -0.25) is 15.1 Å². The molecule has 4 aromatic rings. The highest BCUT2D eigenvalue weighted by Gasteiger charge is 2.36. The first-order valence-electron chi connectivity index (χ1n) is 11.5. The minimum Gasteiger partial charge on any atom is -0.489 e. The first-order valence-corrected chi connectivity index (χ1v) is 12.4. The van der Waals surface area contributed by atoms with Crippen LogP contribution in [0.4, 0.5) is 0 Å². The van der Waals surface area contributed by atoms with Crippen LogP contribution in [0.5, 0.6) is 5.75 Å². The van der Waals surface area contributed by atoms with Crippen LogP contribution in [-0.2, 0) is 11.4 Å². The second-order valence-corrected chi connectivity index (χ2v) is 9.26. The molecule has 0 radical (unpaired) electrons. The zero-order valence-corrected chi connectivity index (χ0v) is 20.0. The molecule has 2 aliphatic heterocycles. The predicted octanol–water partition coefficient (Wildman–Crippen LogP) is 6.72. The molecule has 0 fully saturated rings. The highest BCUT2D eigenvalue weighted by atomic mass is 32.2. The van der Waals surface area contributed by atoms with Gasteiger partial charge < -0.3 is 4.74 Å². The van der Waals surface area contributed by atoms with Crippen molar-refractivity contribution in [1.82, 2.24) is 4.90 Å². The summed E-state index contributed by atoms with van der Waals surface area (Å²) in [6, 6.07) is 31.8. The second-order valence-electron chi connectivity index (χ2n) is 8.42. The Kier molecular flexibility index (Phi) is 5.71. The summed E-state index contributed by atoms with van der Waals surface area (Å²) in [6.45, 7) is 0.462. The third-order valence-electron chi connectivity index (χ3n) is 6.15. The molecule has 0 saturated heterocycles. The van der Waals surface area contributed by atoms with E-state index in [1.807, 2.05) is 78.2 Å². The average Bonchev–Trinajstić information content (AvgIpc) is 3.35. The Morgan fingerprint density at radius 3 is 2.47 bits per heavy atom. The molecule has 2 aliphatic rings. The third kappa shape index (κ3) is 4.12. The lowest BCUT2D eigenvalue weighted by Gasteiger charge is -2.26. The lowest BCUT2D eigenvalue weighted by atomic mass is 10.1. The molecule has 0 aromatic heterocycles. The highest BCUT2D eigenvalue weighted by molar-refractivity contribution is 8.17. The molecule has 174 valence electrons. The van der Waals surface area contributed by atoms with E-state index in [4.69, 9.17) is 10.1 Å². The van der Waals surface area contributed by atoms with Gasteiger partial charge >= 0.3 is 0 Å². The van der Waals surface area contributed by atoms with Gasteiger partial charge in [0.1, 0.15) is 18.2 Å². The van der Waals surface area contributed by atoms with Crippen LogP contribution in [0.15, 0.2) is 113 Å². The van der Waals surface area contributed by atoms with Gasteiger partial charge in [0, 0.05) is 5.41 Å². The number of aliphatic imine (C=N–C) groups is 1. The van der Waals surface area contributed by atoms with Crippen molar-refractivity contribution >= 4 is 51.2 Å². The molecule has 5 nitrogen and oxygen atoms in total. The van der Waals surface area contributed by atoms with E-state index in [1.165, 1.54) is 22.5 Å². The molecule has 0 aliphatic carbocycles. The molecule has 2 heterocycles. The molecule has 36 heavy (non-hydrogen) atoms. The minimum absolute atomic E-state index is 0.126. The minimum atomic E-state index is -0.405. The maximum Gasteiger partial charge on any atom is 0.283 e. The van der Waals surface area contributed by atoms with Crippen LogP contribution in [-0.4, -0.2) is 21.8 Å². The molecule has 0 saturated carbocycles. The number of fused-ring (bicyclic) bond motifs is 2. The summed E-state index contributed by atoms with van der Waals surface area (Å²) in [5.74, 6) is 0.458. The van der Waals surface area contributed by atoms with Gasteiger partial charge in [0.15, 0.2) is 5.17 Å². The SMILES string of the molecule is N=C1C(=Cc2ccc(OCc3cccc4ccccc34)cc2)C(=O)N=C2SC=C(c3ccccc3)N12. The van der Waals surface area contributed by atoms with Crippen molar-refractivity contribution in [3.05, 3.63) is 125 Å². The van der Waals surface area contributed by atoms with Gasteiger partial charge in [-0.25, -0.2) is 0 Å². The number of amides is 1. The van der Waals surface area contributed by atoms with Crippen LogP contribution in [0, 0.1) is 5.41 Å². The van der Waals surface area contributed by atoms with Gasteiger partial charge in [-0.1, -0.05) is 96.7 Å². The predicted molar refractivity (Wildman–Crippen MR) is 147 cm³/mol. The summed E-state index contributed by atoms with van der Waals surface area (Å²) in [5.41, 5.74) is 4.00. The molecule has 0 spiro atoms. The largest absolute Gasteiger partial charge is 0.489 e. The summed E-state index contributed by atoms with van der Waals surface area (Å²) in [5, 5.41) is 13.6. The molecular weight excluding hydrogens is 466 g/mol. The number of hydrogen-bond donors (Lipinski definition) is 1. The first-order chi connectivity index (χ1) is 17.7. The summed E-state index contributed by atoms with van der Waals surface area (Å²) in [6.07, 6.45) is 1.71. The van der Waals surface area contributed by atoms with Crippen LogP contribution < -0.4 is 4.74 Å². The number of nitrogens with zero attached hydrogens (tertiary/aromatic N) is 2. The second kappa shape index (κ2) is 9.32. The third-order valence-corrected chi connectivity index (χ3v) is 6.98. The zero-order chi connectivity index (χ0) is 24.5. The first kappa shape index (κ1) is 22.1. The molecule has 0 bridgehead atoms. The maximum atomic E-state index is 12.7. The fraction of sp³-hybridized carbons (Fsp3) is 0.0333. The van der Waals surface area contributed by atoms with Crippen LogP contribution in [0.25, 0.3) is 22.5 Å². The van der Waals surface area contributed by atoms with Crippen LogP contribution >= 0.6 is 11.8 Å². The summed E-state index contributed by atoms with van der Waals surface area (Å²) in [7, 11) is 0. The zero-order valence-electron chi connectivity index (χ0n) is 19.2. The van der Waals surface area contributed by atoms with Gasteiger partial charge in [0.2, 0.25) is 0 Å². The van der Waals surface area contributed by atoms with E-state index in [0.29, 0.717) is 11.8 Å². The summed E-state index contributed by atoms with van der Waals surface area (Å²) >= 11 is 1.36. The molecule has 1 N–H and O–H groups in total. The van der Waals surface area contributed by atoms with Gasteiger partial charge in [0.25, 0.3) is 5.91 Å². The van der Waals surface area contributed by atoms with E-state index in [1.54, 1.807) is 11.0 Å². The topological polar surface area (TPSA) is 65.8 Å². The van der Waals surface area contributed by atoms with Crippen LogP contribution in [0.1, 0.15) is 16.7 Å². The van der Waals surface area contributed by atoms with E-state index in [9.17, 15) is 4.79 Å². The van der Waals surface area contributed by atoms with Crippen molar-refractivity contribution in [3.63, 3.8) is 0 Å². The molecule has 6 rings (SSSR count). The maximum absolute atomic E-state index is 12.7. The van der Waals surface area contributed by atoms with Crippen molar-refractivity contribution in [2.24, 2.45) is 4.99 Å². The number of thioether (sulfide) groups is 1. The van der Waals surface area contributed by atoms with E-state index >= 15 is 0 Å². The molecule has 1 amide bonds. The van der Waals surface area contributed by atoms with Crippen molar-refractivity contribution in [3.8, 4) is 5.75 Å². The standard InChI is InChI=1S/C30H21N3O2S/c31-28-26(29(34)32-30-33(28)27(19-36-30)22-8-2-1-3-9-22)17-20-13-15-24(16-14-20)35-18-23-11-6-10-21-7-4-5-12-25(21)23/h1-17,19,31H,18H2. The van der Waals surface area contributed by atoms with E-state index in [-0.39, 0.29) is 11.4 Å². The number of benzene rings is 4. The average molecular weight is 488 g/mol. The van der Waals surface area contributed by atoms with Gasteiger partial charge in [-0.15, -0.1) is 0 Å². The Morgan fingerprint density at radius 2 is 1.64 bits per heavy atom. The molecule has 6 heteroatoms. The molecule has 4 aromatic carbocycles. The van der Waals surface area contributed by atoms with Gasteiger partial charge in [-0.05, 0) is 45.7 Å². The fourth-order valence-electron chi connectivity index (χ4n) is 4.32. The van der Waals surface area contributed by atoms with Gasteiger partial charge in [-0.2, -0.15) is 4.99 Å². The smallest absolute Gasteiger partial charge is 0.283 e. The molecular formula is C30H21N3O2S. The Hall–Kier alpha value is -4.42. The van der Waals surface area contributed by atoms with Crippen LogP contribution in [0.3, 0.4) is 0 Å². The lowest BCUT2D eigenvalue weighted by molar-refractivity contribution is -0.114. The van der Waals surface area contributed by atoms with E-state index in [0.717, 1.165) is 28.1 Å². The van der Waals surface area contributed by atoms with Gasteiger partial charge in [0.05, 0.1) is 11.3 Å². The fourth-order valence-corrected chi connectivity index (χ4v) is 5.21. The Morgan fingerprint density at radius 1 is 0.889 bits per heavy atom. The monoisotopic (exact) mass is 487 g/mol. The van der Waals surface area contributed by atoms with Crippen molar-refractivity contribution in [1.29, 1.82) is 5.41 Å². The number of carbonyl (C=O) groups excluding carboxylic acids is 1. The number of nitrogens with one attached hydrogen (secondary N) is 1. The van der Waals surface area contributed by atoms with Crippen molar-refractivity contribution in [2.75, 3.05) is 0 Å². The Labute approximate surface area is 212 Å². The van der Waals surface area contributed by atoms with Crippen LogP contribution in [0.2, 0.25) is 0 Å². The highest BCUT2D eigenvalue weighted by Crippen LogP contribution is 2.37. The van der Waals surface area contributed by atoms with E-state index < -0.39 is 5.91 Å². The number of carbonyl (C=O) groups is 1. The number of rotatable bonds is 5. The quantitative estimate of drug-likeness (QED) is 0.317. The Bertz CT molecular complexity index is 1580. The number of amidine groups is 2. The van der Waals surface area contributed by atoms with Crippen molar-refractivity contribution < 1.29 is 9.53 Å². The summed E-state index contributed by atoms with van der Waals surface area (Å²) < 4.78 is 6.04.